The number of rotatable bonds is 8. The van der Waals surface area contributed by atoms with Crippen molar-refractivity contribution in [3.8, 4) is 5.69 Å². The summed E-state index contributed by atoms with van der Waals surface area (Å²) in [7, 11) is 0. The molecular weight excluding hydrogens is 350 g/mol. The second kappa shape index (κ2) is 8.35. The van der Waals surface area contributed by atoms with Gasteiger partial charge in [-0.3, -0.25) is 14.2 Å². The monoisotopic (exact) mass is 373 g/mol. The average molecular weight is 373 g/mol. The molecule has 2 aromatic rings. The maximum absolute atomic E-state index is 11.9. The smallest absolute Gasteiger partial charge is 0.230 e. The van der Waals surface area contributed by atoms with Crippen LogP contribution in [0.1, 0.15) is 44.9 Å². The fourth-order valence-electron chi connectivity index (χ4n) is 2.59. The van der Waals surface area contributed by atoms with Crippen LogP contribution in [-0.2, 0) is 9.59 Å². The Bertz CT molecular complexity index is 801. The van der Waals surface area contributed by atoms with Gasteiger partial charge in [-0.2, -0.15) is 0 Å². The van der Waals surface area contributed by atoms with Crippen LogP contribution < -0.4 is 10.6 Å². The molecule has 2 amide bonds. The van der Waals surface area contributed by atoms with Crippen molar-refractivity contribution in [3.05, 3.63) is 30.1 Å². The highest BCUT2D eigenvalue weighted by atomic mass is 32.2. The van der Waals surface area contributed by atoms with E-state index in [0.717, 1.165) is 36.5 Å². The number of nitrogens with zero attached hydrogens (tertiary/aromatic N) is 3. The van der Waals surface area contributed by atoms with E-state index in [9.17, 15) is 9.59 Å². The molecule has 1 fully saturated rings. The summed E-state index contributed by atoms with van der Waals surface area (Å²) in [6.07, 6.45) is 3.12. The van der Waals surface area contributed by atoms with E-state index in [-0.39, 0.29) is 11.8 Å². The van der Waals surface area contributed by atoms with E-state index in [0.29, 0.717) is 23.4 Å². The summed E-state index contributed by atoms with van der Waals surface area (Å²) in [6.45, 7) is 4.18. The molecule has 0 atom stereocenters. The summed E-state index contributed by atoms with van der Waals surface area (Å²) in [5.41, 5.74) is 1.61. The number of carbonyl (C=O) groups excluding carboxylic acids is 2. The van der Waals surface area contributed by atoms with Gasteiger partial charge in [-0.1, -0.05) is 24.8 Å². The molecule has 0 unspecified atom stereocenters. The number of benzene rings is 1. The van der Waals surface area contributed by atoms with Gasteiger partial charge in [0.25, 0.3) is 0 Å². The van der Waals surface area contributed by atoms with Crippen molar-refractivity contribution < 1.29 is 9.59 Å². The molecule has 26 heavy (non-hydrogen) atoms. The first-order valence-electron chi connectivity index (χ1n) is 8.81. The zero-order valence-corrected chi connectivity index (χ0v) is 15.8. The first-order valence-corrected chi connectivity index (χ1v) is 9.80. The van der Waals surface area contributed by atoms with Gasteiger partial charge in [0, 0.05) is 25.1 Å². The number of hydrogen-bond donors (Lipinski definition) is 2. The van der Waals surface area contributed by atoms with Crippen molar-refractivity contribution in [2.45, 2.75) is 44.2 Å². The Balaban J connectivity index is 1.84. The molecule has 0 spiro atoms. The van der Waals surface area contributed by atoms with Crippen LogP contribution in [0.4, 0.5) is 5.69 Å². The molecule has 0 radical (unpaired) electrons. The van der Waals surface area contributed by atoms with E-state index >= 15 is 0 Å². The van der Waals surface area contributed by atoms with Gasteiger partial charge in [0.1, 0.15) is 5.82 Å². The molecule has 1 saturated carbocycles. The maximum Gasteiger partial charge on any atom is 0.230 e. The molecule has 0 aliphatic heterocycles. The van der Waals surface area contributed by atoms with Gasteiger partial charge in [-0.15, -0.1) is 10.2 Å². The minimum Gasteiger partial charge on any atom is -0.355 e. The second-order valence-corrected chi connectivity index (χ2v) is 7.26. The number of thioether (sulfide) groups is 1. The maximum atomic E-state index is 11.9. The van der Waals surface area contributed by atoms with E-state index in [2.05, 4.69) is 20.8 Å². The SMILES string of the molecule is CCCNC(=O)CSc1nnc(C2CC2)n1-c1cccc(NC(C)=O)c1. The van der Waals surface area contributed by atoms with Crippen molar-refractivity contribution in [2.75, 3.05) is 17.6 Å². The lowest BCUT2D eigenvalue weighted by Crippen LogP contribution is -2.25. The summed E-state index contributed by atoms with van der Waals surface area (Å²) >= 11 is 1.38. The van der Waals surface area contributed by atoms with Crippen LogP contribution in [0.2, 0.25) is 0 Å². The normalized spacial score (nSPS) is 13.5. The van der Waals surface area contributed by atoms with Gasteiger partial charge in [0.15, 0.2) is 5.16 Å². The molecule has 1 aromatic carbocycles. The Morgan fingerprint density at radius 2 is 2.12 bits per heavy atom. The van der Waals surface area contributed by atoms with Crippen LogP contribution in [0, 0.1) is 0 Å². The summed E-state index contributed by atoms with van der Waals surface area (Å²) in [4.78, 5) is 23.3. The van der Waals surface area contributed by atoms with Gasteiger partial charge in [0.2, 0.25) is 11.8 Å². The Morgan fingerprint density at radius 3 is 2.81 bits per heavy atom. The number of amides is 2. The number of anilines is 1. The quantitative estimate of drug-likeness (QED) is 0.695. The highest BCUT2D eigenvalue weighted by Gasteiger charge is 2.31. The van der Waals surface area contributed by atoms with E-state index in [1.807, 2.05) is 35.8 Å². The fourth-order valence-corrected chi connectivity index (χ4v) is 3.38. The van der Waals surface area contributed by atoms with Crippen LogP contribution in [0.25, 0.3) is 5.69 Å². The molecule has 8 heteroatoms. The molecule has 2 N–H and O–H groups in total. The third-order valence-electron chi connectivity index (χ3n) is 3.93. The van der Waals surface area contributed by atoms with Gasteiger partial charge in [-0.05, 0) is 37.5 Å². The lowest BCUT2D eigenvalue weighted by atomic mass is 10.2. The van der Waals surface area contributed by atoms with Crippen molar-refractivity contribution in [3.63, 3.8) is 0 Å². The predicted molar refractivity (Wildman–Crippen MR) is 102 cm³/mol. The fraction of sp³-hybridized carbons (Fsp3) is 0.444. The van der Waals surface area contributed by atoms with Crippen LogP contribution in [0.15, 0.2) is 29.4 Å². The zero-order valence-electron chi connectivity index (χ0n) is 15.0. The van der Waals surface area contributed by atoms with Gasteiger partial charge in [0.05, 0.1) is 11.4 Å². The lowest BCUT2D eigenvalue weighted by molar-refractivity contribution is -0.118. The largest absolute Gasteiger partial charge is 0.355 e. The summed E-state index contributed by atoms with van der Waals surface area (Å²) in [5.74, 6) is 1.51. The third-order valence-corrected chi connectivity index (χ3v) is 4.86. The second-order valence-electron chi connectivity index (χ2n) is 6.32. The number of aromatic nitrogens is 3. The van der Waals surface area contributed by atoms with Crippen LogP contribution in [0.5, 0.6) is 0 Å². The van der Waals surface area contributed by atoms with Crippen LogP contribution >= 0.6 is 11.8 Å². The summed E-state index contributed by atoms with van der Waals surface area (Å²) in [5, 5.41) is 15.0. The highest BCUT2D eigenvalue weighted by Crippen LogP contribution is 2.41. The van der Waals surface area contributed by atoms with E-state index in [1.165, 1.54) is 18.7 Å². The molecule has 0 saturated heterocycles. The minimum absolute atomic E-state index is 0.00799. The number of nitrogens with one attached hydrogen (secondary N) is 2. The summed E-state index contributed by atoms with van der Waals surface area (Å²) < 4.78 is 2.00. The zero-order chi connectivity index (χ0) is 18.5. The van der Waals surface area contributed by atoms with E-state index in [1.54, 1.807) is 0 Å². The predicted octanol–water partition coefficient (Wildman–Crippen LogP) is 2.72. The topological polar surface area (TPSA) is 88.9 Å². The Morgan fingerprint density at radius 1 is 1.31 bits per heavy atom. The first-order chi connectivity index (χ1) is 12.6. The molecule has 1 aliphatic rings. The Hall–Kier alpha value is -2.35. The lowest BCUT2D eigenvalue weighted by Gasteiger charge is -2.11. The van der Waals surface area contributed by atoms with E-state index in [4.69, 9.17) is 0 Å². The highest BCUT2D eigenvalue weighted by molar-refractivity contribution is 7.99. The van der Waals surface area contributed by atoms with Crippen molar-refractivity contribution in [1.29, 1.82) is 0 Å². The Kier molecular flexibility index (Phi) is 5.92. The number of carbonyl (C=O) groups is 2. The minimum atomic E-state index is -0.115. The van der Waals surface area contributed by atoms with Crippen LogP contribution in [0.3, 0.4) is 0 Å². The molecular formula is C18H23N5O2S. The molecule has 0 bridgehead atoms. The van der Waals surface area contributed by atoms with Crippen molar-refractivity contribution >= 4 is 29.3 Å². The molecule has 138 valence electrons. The average Bonchev–Trinajstić information content (AvgIpc) is 3.37. The van der Waals surface area contributed by atoms with Crippen molar-refractivity contribution in [1.82, 2.24) is 20.1 Å². The third kappa shape index (κ3) is 4.63. The van der Waals surface area contributed by atoms with Crippen molar-refractivity contribution in [2.24, 2.45) is 0 Å². The summed E-state index contributed by atoms with van der Waals surface area (Å²) in [6, 6.07) is 7.59. The molecule has 1 aromatic heterocycles. The molecule has 1 aliphatic carbocycles. The van der Waals surface area contributed by atoms with Gasteiger partial charge < -0.3 is 10.6 Å². The molecule has 3 rings (SSSR count). The van der Waals surface area contributed by atoms with Gasteiger partial charge >= 0.3 is 0 Å². The Labute approximate surface area is 157 Å². The standard InChI is InChI=1S/C18H23N5O2S/c1-3-9-19-16(25)11-26-18-22-21-17(13-7-8-13)23(18)15-6-4-5-14(10-15)20-12(2)24/h4-6,10,13H,3,7-9,11H2,1-2H3,(H,19,25)(H,20,24). The van der Waals surface area contributed by atoms with Crippen LogP contribution in [-0.4, -0.2) is 38.9 Å². The molecule has 1 heterocycles. The van der Waals surface area contributed by atoms with Gasteiger partial charge in [-0.25, -0.2) is 0 Å². The van der Waals surface area contributed by atoms with E-state index < -0.39 is 0 Å². The first kappa shape index (κ1) is 18.4. The molecule has 7 nitrogen and oxygen atoms in total. The number of hydrogen-bond acceptors (Lipinski definition) is 5.